The van der Waals surface area contributed by atoms with Crippen molar-refractivity contribution >= 4 is 17.5 Å². The zero-order chi connectivity index (χ0) is 24.8. The summed E-state index contributed by atoms with van der Waals surface area (Å²) in [4.78, 5) is 32.8. The van der Waals surface area contributed by atoms with E-state index in [1.165, 1.54) is 12.0 Å². The number of nitrogens with zero attached hydrogens (tertiary/aromatic N) is 2. The molecule has 3 aromatic carbocycles. The lowest BCUT2D eigenvalue weighted by Gasteiger charge is -2.24. The number of rotatable bonds is 7. The first-order valence-corrected chi connectivity index (χ1v) is 11.5. The van der Waals surface area contributed by atoms with Crippen LogP contribution in [0.25, 0.3) is 11.1 Å². The first kappa shape index (κ1) is 24.2. The Morgan fingerprint density at radius 2 is 1.74 bits per heavy atom. The number of nitrogens with one attached hydrogen (secondary N) is 1. The Morgan fingerprint density at radius 1 is 1.06 bits per heavy atom. The number of benzene rings is 3. The van der Waals surface area contributed by atoms with E-state index in [-0.39, 0.29) is 31.3 Å². The van der Waals surface area contributed by atoms with Gasteiger partial charge in [0, 0.05) is 18.5 Å². The van der Waals surface area contributed by atoms with Crippen LogP contribution in [0, 0.1) is 6.92 Å². The van der Waals surface area contributed by atoms with Gasteiger partial charge in [0.1, 0.15) is 13.2 Å². The van der Waals surface area contributed by atoms with E-state index >= 15 is 0 Å². The van der Waals surface area contributed by atoms with Crippen LogP contribution < -0.4 is 5.32 Å². The predicted octanol–water partition coefficient (Wildman–Crippen LogP) is 3.73. The highest BCUT2D eigenvalue weighted by Crippen LogP contribution is 2.25. The fraction of sp³-hybridized carbons (Fsp3) is 0.250. The molecule has 180 valence electrons. The average molecular weight is 472 g/mol. The molecule has 4 rings (SSSR count). The highest BCUT2D eigenvalue weighted by Gasteiger charge is 2.38. The van der Waals surface area contributed by atoms with Gasteiger partial charge in [0.25, 0.3) is 5.91 Å². The number of aliphatic hydroxyl groups excluding tert-OH is 1. The predicted molar refractivity (Wildman–Crippen MR) is 135 cm³/mol. The van der Waals surface area contributed by atoms with E-state index in [1.807, 2.05) is 61.5 Å². The first-order chi connectivity index (χ1) is 17.0. The van der Waals surface area contributed by atoms with Crippen LogP contribution in [0.15, 0.2) is 84.0 Å². The monoisotopic (exact) mass is 471 g/mol. The summed E-state index contributed by atoms with van der Waals surface area (Å²) < 4.78 is 0. The summed E-state index contributed by atoms with van der Waals surface area (Å²) in [5, 5.41) is 17.2. The van der Waals surface area contributed by atoms with Crippen molar-refractivity contribution in [2.24, 2.45) is 5.16 Å². The normalized spacial score (nSPS) is 17.3. The Bertz CT molecular complexity index is 1210. The molecule has 1 heterocycles. The minimum absolute atomic E-state index is 0.0449. The number of carbonyl (C=O) groups is 2. The van der Waals surface area contributed by atoms with Gasteiger partial charge in [-0.3, -0.25) is 9.59 Å². The number of carbonyl (C=O) groups excluding carboxylic acids is 2. The molecule has 1 saturated heterocycles. The average Bonchev–Trinajstić information content (AvgIpc) is 3.32. The van der Waals surface area contributed by atoms with E-state index in [4.69, 9.17) is 4.84 Å². The van der Waals surface area contributed by atoms with Crippen LogP contribution in [0.3, 0.4) is 0 Å². The summed E-state index contributed by atoms with van der Waals surface area (Å²) in [6, 6.07) is 23.8. The summed E-state index contributed by atoms with van der Waals surface area (Å²) in [5.74, 6) is -0.599. The number of aryl methyl sites for hydroxylation is 1. The summed E-state index contributed by atoms with van der Waals surface area (Å²) in [6.45, 7) is 2.29. The summed E-state index contributed by atoms with van der Waals surface area (Å²) in [5.41, 5.74) is 5.09. The molecule has 0 bridgehead atoms. The lowest BCUT2D eigenvalue weighted by atomic mass is 9.99. The van der Waals surface area contributed by atoms with Crippen LogP contribution in [0.4, 0.5) is 0 Å². The molecule has 0 spiro atoms. The molecular weight excluding hydrogens is 442 g/mol. The van der Waals surface area contributed by atoms with Gasteiger partial charge in [0.15, 0.2) is 0 Å². The molecule has 2 amide bonds. The van der Waals surface area contributed by atoms with Crippen LogP contribution in [0.2, 0.25) is 0 Å². The second-order valence-corrected chi connectivity index (χ2v) is 8.56. The van der Waals surface area contributed by atoms with E-state index in [1.54, 1.807) is 24.3 Å². The van der Waals surface area contributed by atoms with Gasteiger partial charge in [0.2, 0.25) is 5.91 Å². The fourth-order valence-corrected chi connectivity index (χ4v) is 4.31. The van der Waals surface area contributed by atoms with Crippen molar-refractivity contribution in [3.63, 3.8) is 0 Å². The molecule has 0 unspecified atom stereocenters. The van der Waals surface area contributed by atoms with E-state index in [2.05, 4.69) is 10.5 Å². The molecule has 3 aromatic rings. The third kappa shape index (κ3) is 5.58. The first-order valence-electron chi connectivity index (χ1n) is 11.5. The van der Waals surface area contributed by atoms with Crippen molar-refractivity contribution in [1.82, 2.24) is 10.2 Å². The SMILES string of the molecule is CON=C1C[C@@H](C(=O)NC[C@H](O)c2ccccc2)N(C(=O)c2ccc(-c3ccccc3C)cc2)C1. The van der Waals surface area contributed by atoms with Gasteiger partial charge in [-0.1, -0.05) is 71.9 Å². The molecule has 7 nitrogen and oxygen atoms in total. The minimum atomic E-state index is -0.841. The second-order valence-electron chi connectivity index (χ2n) is 8.56. The maximum Gasteiger partial charge on any atom is 0.254 e. The standard InChI is InChI=1S/C28H29N3O4/c1-19-8-6-7-11-24(19)20-12-14-22(15-13-20)28(34)31-18-23(30-35-2)16-25(31)27(33)29-17-26(32)21-9-4-3-5-10-21/h3-15,25-26,32H,16-18H2,1-2H3,(H,29,33)/t25-,26-/m0/s1. The second kappa shape index (κ2) is 11.0. The molecule has 1 aliphatic heterocycles. The molecule has 0 aromatic heterocycles. The third-order valence-electron chi connectivity index (χ3n) is 6.18. The van der Waals surface area contributed by atoms with E-state index in [0.717, 1.165) is 16.7 Å². The maximum atomic E-state index is 13.4. The Labute approximate surface area is 205 Å². The zero-order valence-electron chi connectivity index (χ0n) is 19.8. The van der Waals surface area contributed by atoms with Crippen molar-refractivity contribution in [3.05, 3.63) is 95.6 Å². The Hall–Kier alpha value is -3.97. The highest BCUT2D eigenvalue weighted by atomic mass is 16.6. The highest BCUT2D eigenvalue weighted by molar-refractivity contribution is 6.05. The van der Waals surface area contributed by atoms with Crippen molar-refractivity contribution in [1.29, 1.82) is 0 Å². The van der Waals surface area contributed by atoms with E-state index in [0.29, 0.717) is 16.8 Å². The van der Waals surface area contributed by atoms with Crippen molar-refractivity contribution in [2.75, 3.05) is 20.2 Å². The number of hydrogen-bond donors (Lipinski definition) is 2. The van der Waals surface area contributed by atoms with Gasteiger partial charge in [-0.15, -0.1) is 0 Å². The smallest absolute Gasteiger partial charge is 0.254 e. The molecule has 35 heavy (non-hydrogen) atoms. The Kier molecular flexibility index (Phi) is 7.57. The number of amides is 2. The molecule has 2 N–H and O–H groups in total. The van der Waals surface area contributed by atoms with Crippen molar-refractivity contribution in [3.8, 4) is 11.1 Å². The molecule has 0 aliphatic carbocycles. The van der Waals surface area contributed by atoms with Gasteiger partial charge in [-0.05, 0) is 41.3 Å². The van der Waals surface area contributed by atoms with Crippen LogP contribution in [0.1, 0.15) is 34.0 Å². The van der Waals surface area contributed by atoms with Gasteiger partial charge >= 0.3 is 0 Å². The number of likely N-dealkylation sites (tertiary alicyclic amines) is 1. The number of aliphatic hydroxyl groups is 1. The topological polar surface area (TPSA) is 91.2 Å². The van der Waals surface area contributed by atoms with E-state index in [9.17, 15) is 14.7 Å². The zero-order valence-corrected chi connectivity index (χ0v) is 19.8. The Balaban J connectivity index is 1.49. The fourth-order valence-electron chi connectivity index (χ4n) is 4.31. The maximum absolute atomic E-state index is 13.4. The molecule has 0 saturated carbocycles. The van der Waals surface area contributed by atoms with Gasteiger partial charge in [0.05, 0.1) is 18.4 Å². The Morgan fingerprint density at radius 3 is 2.43 bits per heavy atom. The van der Waals surface area contributed by atoms with E-state index < -0.39 is 12.1 Å². The largest absolute Gasteiger partial charge is 0.399 e. The molecular formula is C28H29N3O4. The van der Waals surface area contributed by atoms with Crippen LogP contribution in [0.5, 0.6) is 0 Å². The van der Waals surface area contributed by atoms with Crippen LogP contribution in [-0.4, -0.2) is 53.8 Å². The summed E-state index contributed by atoms with van der Waals surface area (Å²) >= 11 is 0. The molecule has 0 radical (unpaired) electrons. The minimum Gasteiger partial charge on any atom is -0.399 e. The van der Waals surface area contributed by atoms with Gasteiger partial charge in [-0.25, -0.2) is 0 Å². The third-order valence-corrected chi connectivity index (χ3v) is 6.18. The number of oxime groups is 1. The molecule has 1 aliphatic rings. The van der Waals surface area contributed by atoms with Crippen LogP contribution >= 0.6 is 0 Å². The summed E-state index contributed by atoms with van der Waals surface area (Å²) in [6.07, 6.45) is -0.569. The lowest BCUT2D eigenvalue weighted by molar-refractivity contribution is -0.125. The van der Waals surface area contributed by atoms with Gasteiger partial charge < -0.3 is 20.2 Å². The van der Waals surface area contributed by atoms with Crippen molar-refractivity contribution < 1.29 is 19.5 Å². The molecule has 2 atom stereocenters. The quantitative estimate of drug-likeness (QED) is 0.514. The molecule has 1 fully saturated rings. The van der Waals surface area contributed by atoms with Crippen molar-refractivity contribution in [2.45, 2.75) is 25.5 Å². The lowest BCUT2D eigenvalue weighted by Crippen LogP contribution is -2.46. The molecule has 7 heteroatoms. The van der Waals surface area contributed by atoms with Gasteiger partial charge in [-0.2, -0.15) is 0 Å². The summed E-state index contributed by atoms with van der Waals surface area (Å²) in [7, 11) is 1.44. The number of hydrogen-bond acceptors (Lipinski definition) is 5. The van der Waals surface area contributed by atoms with Crippen LogP contribution in [-0.2, 0) is 9.63 Å².